The van der Waals surface area contributed by atoms with Gasteiger partial charge in [0.15, 0.2) is 40.7 Å². The van der Waals surface area contributed by atoms with Gasteiger partial charge < -0.3 is 0 Å². The highest BCUT2D eigenvalue weighted by Crippen LogP contribution is 2.40. The normalized spacial score (nSPS) is 11.2. The number of halogens is 8. The molecule has 0 aromatic heterocycles. The van der Waals surface area contributed by atoms with Gasteiger partial charge in [0.05, 0.1) is 15.4 Å². The quantitative estimate of drug-likeness (QED) is 0.302. The molecular formula is C12H2F8S2. The summed E-state index contributed by atoms with van der Waals surface area (Å²) >= 11 is 6.68. The highest BCUT2D eigenvalue weighted by Gasteiger charge is 2.32. The van der Waals surface area contributed by atoms with Crippen LogP contribution in [-0.2, 0) is 0 Å². The number of hydrogen-bond donors (Lipinski definition) is 2. The topological polar surface area (TPSA) is 0 Å². The van der Waals surface area contributed by atoms with E-state index in [2.05, 4.69) is 25.3 Å². The molecule has 0 atom stereocenters. The largest absolute Gasteiger partial charge is 0.204 e. The zero-order valence-corrected chi connectivity index (χ0v) is 11.7. The maximum absolute atomic E-state index is 13.8. The van der Waals surface area contributed by atoms with Crippen LogP contribution in [-0.4, -0.2) is 0 Å². The number of benzene rings is 2. The smallest absolute Gasteiger partial charge is 0.200 e. The lowest BCUT2D eigenvalue weighted by Crippen LogP contribution is -2.07. The Bertz CT molecular complexity index is 677. The van der Waals surface area contributed by atoms with E-state index in [0.29, 0.717) is 0 Å². The Morgan fingerprint density at radius 2 is 0.727 bits per heavy atom. The molecule has 0 N–H and O–H groups in total. The molecule has 0 spiro atoms. The third kappa shape index (κ3) is 2.24. The van der Waals surface area contributed by atoms with Crippen LogP contribution in [0.25, 0.3) is 11.1 Å². The van der Waals surface area contributed by atoms with Crippen LogP contribution in [0.5, 0.6) is 0 Å². The molecule has 0 bridgehead atoms. The lowest BCUT2D eigenvalue weighted by Gasteiger charge is -2.13. The average Bonchev–Trinajstić information content (AvgIpc) is 2.50. The van der Waals surface area contributed by atoms with Crippen molar-refractivity contribution < 1.29 is 35.1 Å². The summed E-state index contributed by atoms with van der Waals surface area (Å²) in [6.45, 7) is 0. The van der Waals surface area contributed by atoms with Gasteiger partial charge >= 0.3 is 0 Å². The first-order chi connectivity index (χ1) is 10.1. The fourth-order valence-corrected chi connectivity index (χ4v) is 2.31. The Hall–Kier alpha value is -1.42. The van der Waals surface area contributed by atoms with E-state index in [1.165, 1.54) is 0 Å². The van der Waals surface area contributed by atoms with E-state index in [9.17, 15) is 35.1 Å². The summed E-state index contributed by atoms with van der Waals surface area (Å²) < 4.78 is 107. The number of hydrogen-bond acceptors (Lipinski definition) is 2. The zero-order chi connectivity index (χ0) is 16.9. The van der Waals surface area contributed by atoms with Gasteiger partial charge in [-0.2, -0.15) is 0 Å². The van der Waals surface area contributed by atoms with Crippen LogP contribution in [0.15, 0.2) is 9.79 Å². The minimum absolute atomic E-state index is 1.16. The molecule has 0 fully saturated rings. The second-order valence-corrected chi connectivity index (χ2v) is 4.85. The van der Waals surface area contributed by atoms with Crippen molar-refractivity contribution >= 4 is 25.3 Å². The van der Waals surface area contributed by atoms with E-state index in [1.807, 2.05) is 0 Å². The van der Waals surface area contributed by atoms with E-state index in [1.54, 1.807) is 0 Å². The summed E-state index contributed by atoms with van der Waals surface area (Å²) in [5, 5.41) is 0. The molecule has 0 nitrogen and oxygen atoms in total. The highest BCUT2D eigenvalue weighted by molar-refractivity contribution is 7.81. The monoisotopic (exact) mass is 362 g/mol. The van der Waals surface area contributed by atoms with Gasteiger partial charge in [-0.05, 0) is 0 Å². The molecule has 0 aliphatic carbocycles. The molecule has 2 rings (SSSR count). The molecule has 0 radical (unpaired) electrons. The van der Waals surface area contributed by atoms with Crippen molar-refractivity contribution in [2.75, 3.05) is 0 Å². The third-order valence-corrected chi connectivity index (χ3v) is 3.55. The first-order valence-electron chi connectivity index (χ1n) is 5.21. The van der Waals surface area contributed by atoms with Gasteiger partial charge in [0.1, 0.15) is 0 Å². The second-order valence-electron chi connectivity index (χ2n) is 3.96. The van der Waals surface area contributed by atoms with Gasteiger partial charge in [0.2, 0.25) is 5.82 Å². The maximum Gasteiger partial charge on any atom is 0.200 e. The van der Waals surface area contributed by atoms with Crippen LogP contribution in [0.4, 0.5) is 35.1 Å². The molecule has 0 saturated heterocycles. The van der Waals surface area contributed by atoms with Crippen LogP contribution in [0.2, 0.25) is 0 Å². The molecule has 118 valence electrons. The molecule has 2 aromatic carbocycles. The van der Waals surface area contributed by atoms with Gasteiger partial charge in [-0.25, -0.2) is 35.1 Å². The molecule has 2 aromatic rings. The Labute approximate surface area is 128 Å². The van der Waals surface area contributed by atoms with Gasteiger partial charge in [0, 0.05) is 5.56 Å². The molecule has 22 heavy (non-hydrogen) atoms. The molecule has 0 amide bonds. The summed E-state index contributed by atoms with van der Waals surface area (Å²) in [6, 6.07) is 0. The summed E-state index contributed by atoms with van der Waals surface area (Å²) in [5.74, 6) is -17.8. The molecule has 0 aliphatic rings. The predicted octanol–water partition coefficient (Wildman–Crippen LogP) is 5.04. The Kier molecular flexibility index (Phi) is 4.35. The Morgan fingerprint density at radius 3 is 1.18 bits per heavy atom. The Balaban J connectivity index is 3.03. The van der Waals surface area contributed by atoms with Crippen molar-refractivity contribution in [1.29, 1.82) is 0 Å². The van der Waals surface area contributed by atoms with Gasteiger partial charge in [-0.3, -0.25) is 0 Å². The van der Waals surface area contributed by atoms with E-state index < -0.39 is 67.5 Å². The third-order valence-electron chi connectivity index (χ3n) is 2.73. The van der Waals surface area contributed by atoms with E-state index in [0.717, 1.165) is 0 Å². The average molecular weight is 362 g/mol. The van der Waals surface area contributed by atoms with Crippen molar-refractivity contribution in [2.45, 2.75) is 9.79 Å². The van der Waals surface area contributed by atoms with Crippen molar-refractivity contribution in [3.63, 3.8) is 0 Å². The number of rotatable bonds is 1. The SMILES string of the molecule is Fc1c(F)c(F)c(-c2c(F)c(F)c(S)c(F)c2S)c(F)c1F. The summed E-state index contributed by atoms with van der Waals surface area (Å²) in [5.41, 5.74) is -3.37. The molecule has 0 saturated carbocycles. The van der Waals surface area contributed by atoms with Crippen LogP contribution in [0, 0.1) is 46.5 Å². The minimum atomic E-state index is -2.49. The lowest BCUT2D eigenvalue weighted by atomic mass is 10.0. The molecule has 0 heterocycles. The summed E-state index contributed by atoms with van der Waals surface area (Å²) in [7, 11) is 0. The first-order valence-corrected chi connectivity index (χ1v) is 6.10. The zero-order valence-electron chi connectivity index (χ0n) is 9.92. The molecule has 0 unspecified atom stereocenters. The highest BCUT2D eigenvalue weighted by atomic mass is 32.1. The molecular weight excluding hydrogens is 360 g/mol. The van der Waals surface area contributed by atoms with Crippen molar-refractivity contribution in [3.8, 4) is 11.1 Å². The minimum Gasteiger partial charge on any atom is -0.204 e. The van der Waals surface area contributed by atoms with Crippen molar-refractivity contribution in [2.24, 2.45) is 0 Å². The van der Waals surface area contributed by atoms with Crippen LogP contribution in [0.1, 0.15) is 0 Å². The van der Waals surface area contributed by atoms with E-state index in [4.69, 9.17) is 0 Å². The fourth-order valence-electron chi connectivity index (χ4n) is 1.69. The Morgan fingerprint density at radius 1 is 0.364 bits per heavy atom. The van der Waals surface area contributed by atoms with Gasteiger partial charge in [-0.1, -0.05) is 0 Å². The summed E-state index contributed by atoms with van der Waals surface area (Å²) in [4.78, 5) is -2.32. The van der Waals surface area contributed by atoms with Gasteiger partial charge in [0.25, 0.3) is 0 Å². The van der Waals surface area contributed by atoms with Crippen molar-refractivity contribution in [1.82, 2.24) is 0 Å². The molecule has 10 heteroatoms. The van der Waals surface area contributed by atoms with E-state index in [-0.39, 0.29) is 0 Å². The maximum atomic E-state index is 13.8. The standard InChI is InChI=1S/C12H2F8S2/c13-3-1(4(14)7(17)8(18)6(3)16)2-5(15)9(19)12(22)10(20)11(2)21/h21-22H. The van der Waals surface area contributed by atoms with Crippen LogP contribution in [0.3, 0.4) is 0 Å². The van der Waals surface area contributed by atoms with E-state index >= 15 is 0 Å². The second kappa shape index (κ2) is 5.65. The number of thiol groups is 2. The lowest BCUT2D eigenvalue weighted by molar-refractivity contribution is 0.380. The summed E-state index contributed by atoms with van der Waals surface area (Å²) in [6.07, 6.45) is 0. The fraction of sp³-hybridized carbons (Fsp3) is 0. The van der Waals surface area contributed by atoms with Crippen molar-refractivity contribution in [3.05, 3.63) is 46.5 Å². The molecule has 0 aliphatic heterocycles. The van der Waals surface area contributed by atoms with Gasteiger partial charge in [-0.15, -0.1) is 25.3 Å². The first kappa shape index (κ1) is 16.9. The van der Waals surface area contributed by atoms with Crippen LogP contribution < -0.4 is 0 Å². The predicted molar refractivity (Wildman–Crippen MR) is 66.0 cm³/mol. The van der Waals surface area contributed by atoms with Crippen LogP contribution >= 0.6 is 25.3 Å².